The van der Waals surface area contributed by atoms with Crippen molar-refractivity contribution < 1.29 is 9.47 Å². The maximum atomic E-state index is 5.80. The maximum Gasteiger partial charge on any atom is 0.318 e. The standard InChI is InChI=1S/C23H25N5O2/c1-4-5-11-30-23-25-16(2)20-22(27-23)28(15-17-9-7-6-8-10-17)21(26-20)18-12-19(29-3)14-24-13-18/h6-10,12-14H,4-5,11,15H2,1-3H3. The number of aryl methyl sites for hydroxylation is 1. The number of imidazole rings is 1. The Balaban J connectivity index is 1.86. The van der Waals surface area contributed by atoms with E-state index in [1.165, 1.54) is 0 Å². The van der Waals surface area contributed by atoms with E-state index >= 15 is 0 Å². The molecule has 30 heavy (non-hydrogen) atoms. The van der Waals surface area contributed by atoms with Gasteiger partial charge in [-0.15, -0.1) is 0 Å². The van der Waals surface area contributed by atoms with Gasteiger partial charge in [0.05, 0.1) is 32.2 Å². The molecule has 0 aliphatic carbocycles. The fourth-order valence-electron chi connectivity index (χ4n) is 3.27. The van der Waals surface area contributed by atoms with Gasteiger partial charge in [-0.2, -0.15) is 9.97 Å². The molecule has 0 radical (unpaired) electrons. The number of hydrogen-bond donors (Lipinski definition) is 0. The molecule has 0 saturated carbocycles. The summed E-state index contributed by atoms with van der Waals surface area (Å²) in [7, 11) is 1.63. The van der Waals surface area contributed by atoms with E-state index in [0.29, 0.717) is 24.9 Å². The second-order valence-corrected chi connectivity index (χ2v) is 7.09. The number of fused-ring (bicyclic) bond motifs is 1. The summed E-state index contributed by atoms with van der Waals surface area (Å²) in [6, 6.07) is 12.6. The second-order valence-electron chi connectivity index (χ2n) is 7.09. The number of hydrogen-bond acceptors (Lipinski definition) is 6. The number of aromatic nitrogens is 5. The fraction of sp³-hybridized carbons (Fsp3) is 0.304. The van der Waals surface area contributed by atoms with Crippen LogP contribution in [0.2, 0.25) is 0 Å². The monoisotopic (exact) mass is 403 g/mol. The molecule has 4 rings (SSSR count). The Bertz CT molecular complexity index is 1140. The predicted octanol–water partition coefficient (Wildman–Crippen LogP) is 4.43. The average molecular weight is 403 g/mol. The zero-order valence-corrected chi connectivity index (χ0v) is 17.5. The highest BCUT2D eigenvalue weighted by atomic mass is 16.5. The van der Waals surface area contributed by atoms with Crippen LogP contribution >= 0.6 is 0 Å². The van der Waals surface area contributed by atoms with Crippen molar-refractivity contribution in [1.82, 2.24) is 24.5 Å². The Morgan fingerprint density at radius 2 is 1.87 bits per heavy atom. The van der Waals surface area contributed by atoms with Crippen LogP contribution in [0.5, 0.6) is 11.8 Å². The van der Waals surface area contributed by atoms with Gasteiger partial charge < -0.3 is 14.0 Å². The molecule has 0 bridgehead atoms. The molecule has 0 aliphatic rings. The smallest absolute Gasteiger partial charge is 0.318 e. The number of ether oxygens (including phenoxy) is 2. The lowest BCUT2D eigenvalue weighted by molar-refractivity contribution is 0.285. The molecule has 1 aromatic carbocycles. The molecule has 3 heterocycles. The molecule has 0 atom stereocenters. The van der Waals surface area contributed by atoms with Crippen molar-refractivity contribution in [1.29, 1.82) is 0 Å². The van der Waals surface area contributed by atoms with E-state index in [1.807, 2.05) is 31.2 Å². The molecule has 7 heteroatoms. The second kappa shape index (κ2) is 8.90. The fourth-order valence-corrected chi connectivity index (χ4v) is 3.27. The van der Waals surface area contributed by atoms with Crippen LogP contribution in [0.1, 0.15) is 31.0 Å². The minimum Gasteiger partial charge on any atom is -0.495 e. The highest BCUT2D eigenvalue weighted by Crippen LogP contribution is 2.28. The van der Waals surface area contributed by atoms with Gasteiger partial charge in [-0.05, 0) is 25.0 Å². The van der Waals surface area contributed by atoms with Crippen LogP contribution in [0, 0.1) is 6.92 Å². The first kappa shape index (κ1) is 19.8. The molecule has 3 aromatic heterocycles. The molecular weight excluding hydrogens is 378 g/mol. The molecule has 0 amide bonds. The predicted molar refractivity (Wildman–Crippen MR) is 116 cm³/mol. The van der Waals surface area contributed by atoms with Crippen LogP contribution in [0.3, 0.4) is 0 Å². The van der Waals surface area contributed by atoms with Crippen LogP contribution in [-0.2, 0) is 6.54 Å². The number of nitrogens with zero attached hydrogens (tertiary/aromatic N) is 5. The SMILES string of the molecule is CCCCOc1nc(C)c2nc(-c3cncc(OC)c3)n(Cc3ccccc3)c2n1. The van der Waals surface area contributed by atoms with E-state index in [0.717, 1.165) is 46.7 Å². The van der Waals surface area contributed by atoms with Gasteiger partial charge in [-0.1, -0.05) is 43.7 Å². The first-order valence-corrected chi connectivity index (χ1v) is 10.1. The summed E-state index contributed by atoms with van der Waals surface area (Å²) in [5.41, 5.74) is 4.30. The van der Waals surface area contributed by atoms with E-state index in [9.17, 15) is 0 Å². The molecule has 154 valence electrons. The molecule has 4 aromatic rings. The van der Waals surface area contributed by atoms with Crippen molar-refractivity contribution in [2.45, 2.75) is 33.2 Å². The summed E-state index contributed by atoms with van der Waals surface area (Å²) >= 11 is 0. The number of rotatable bonds is 8. The Morgan fingerprint density at radius 3 is 2.63 bits per heavy atom. The molecule has 0 aliphatic heterocycles. The number of methoxy groups -OCH3 is 1. The van der Waals surface area contributed by atoms with Crippen LogP contribution in [0.25, 0.3) is 22.6 Å². The maximum absolute atomic E-state index is 5.80. The molecular formula is C23H25N5O2. The molecule has 0 fully saturated rings. The number of benzene rings is 1. The molecule has 7 nitrogen and oxygen atoms in total. The van der Waals surface area contributed by atoms with Gasteiger partial charge in [0.2, 0.25) is 0 Å². The van der Waals surface area contributed by atoms with Crippen LogP contribution in [0.4, 0.5) is 0 Å². The van der Waals surface area contributed by atoms with Crippen LogP contribution < -0.4 is 9.47 Å². The van der Waals surface area contributed by atoms with Crippen molar-refractivity contribution in [3.05, 3.63) is 60.0 Å². The lowest BCUT2D eigenvalue weighted by atomic mass is 10.2. The van der Waals surface area contributed by atoms with E-state index in [4.69, 9.17) is 19.4 Å². The summed E-state index contributed by atoms with van der Waals surface area (Å²) in [4.78, 5) is 18.4. The molecule has 0 unspecified atom stereocenters. The lowest BCUT2D eigenvalue weighted by Gasteiger charge is -2.10. The summed E-state index contributed by atoms with van der Waals surface area (Å²) in [5, 5.41) is 0. The topological polar surface area (TPSA) is 75.0 Å². The third-order valence-corrected chi connectivity index (χ3v) is 4.87. The van der Waals surface area contributed by atoms with Gasteiger partial charge in [-0.25, -0.2) is 4.98 Å². The van der Waals surface area contributed by atoms with E-state index in [1.54, 1.807) is 19.5 Å². The Kier molecular flexibility index (Phi) is 5.88. The third kappa shape index (κ3) is 4.10. The first-order valence-electron chi connectivity index (χ1n) is 10.1. The van der Waals surface area contributed by atoms with E-state index in [2.05, 4.69) is 33.6 Å². The summed E-state index contributed by atoms with van der Waals surface area (Å²) in [5.74, 6) is 1.44. The summed E-state index contributed by atoms with van der Waals surface area (Å²) in [6.45, 7) is 5.28. The summed E-state index contributed by atoms with van der Waals surface area (Å²) in [6.07, 6.45) is 5.48. The van der Waals surface area contributed by atoms with Crippen molar-refractivity contribution in [3.63, 3.8) is 0 Å². The lowest BCUT2D eigenvalue weighted by Crippen LogP contribution is -2.06. The van der Waals surface area contributed by atoms with Gasteiger partial charge in [0.25, 0.3) is 0 Å². The zero-order valence-electron chi connectivity index (χ0n) is 17.5. The van der Waals surface area contributed by atoms with Crippen LogP contribution in [-0.4, -0.2) is 38.2 Å². The highest BCUT2D eigenvalue weighted by molar-refractivity contribution is 5.79. The molecule has 0 N–H and O–H groups in total. The molecule has 0 saturated heterocycles. The Morgan fingerprint density at radius 1 is 1.03 bits per heavy atom. The van der Waals surface area contributed by atoms with Crippen molar-refractivity contribution in [2.75, 3.05) is 13.7 Å². The number of unbranched alkanes of at least 4 members (excludes halogenated alkanes) is 1. The van der Waals surface area contributed by atoms with Gasteiger partial charge in [-0.3, -0.25) is 4.98 Å². The summed E-state index contributed by atoms with van der Waals surface area (Å²) < 4.78 is 13.2. The molecule has 0 spiro atoms. The van der Waals surface area contributed by atoms with Gasteiger partial charge >= 0.3 is 6.01 Å². The Hall–Kier alpha value is -3.48. The minimum atomic E-state index is 0.387. The van der Waals surface area contributed by atoms with Crippen molar-refractivity contribution in [3.8, 4) is 23.1 Å². The largest absolute Gasteiger partial charge is 0.495 e. The highest BCUT2D eigenvalue weighted by Gasteiger charge is 2.19. The first-order chi connectivity index (χ1) is 14.7. The van der Waals surface area contributed by atoms with E-state index in [-0.39, 0.29) is 0 Å². The average Bonchev–Trinajstić information content (AvgIpc) is 3.14. The zero-order chi connectivity index (χ0) is 20.9. The minimum absolute atomic E-state index is 0.387. The quantitative estimate of drug-likeness (QED) is 0.405. The van der Waals surface area contributed by atoms with E-state index < -0.39 is 0 Å². The van der Waals surface area contributed by atoms with Crippen molar-refractivity contribution in [2.24, 2.45) is 0 Å². The van der Waals surface area contributed by atoms with Crippen LogP contribution in [0.15, 0.2) is 48.8 Å². The van der Waals surface area contributed by atoms with Gasteiger partial charge in [0.1, 0.15) is 17.1 Å². The third-order valence-electron chi connectivity index (χ3n) is 4.87. The normalized spacial score (nSPS) is 11.0. The van der Waals surface area contributed by atoms with Gasteiger partial charge in [0.15, 0.2) is 5.65 Å². The van der Waals surface area contributed by atoms with Crippen molar-refractivity contribution >= 4 is 11.2 Å². The van der Waals surface area contributed by atoms with Gasteiger partial charge in [0, 0.05) is 11.8 Å². The number of pyridine rings is 1. The Labute approximate surface area is 175 Å².